The number of carbonyl (C=O) groups excluding carboxylic acids is 1. The van der Waals surface area contributed by atoms with E-state index in [0.717, 1.165) is 11.6 Å². The lowest BCUT2D eigenvalue weighted by molar-refractivity contribution is 0.0954. The Balaban J connectivity index is 1.67. The minimum absolute atomic E-state index is 0.0764. The number of amides is 1. The van der Waals surface area contributed by atoms with Crippen molar-refractivity contribution in [1.29, 1.82) is 0 Å². The minimum atomic E-state index is -3.95. The second kappa shape index (κ2) is 8.67. The number of anilines is 1. The fourth-order valence-corrected chi connectivity index (χ4v) is 3.73. The van der Waals surface area contributed by atoms with Gasteiger partial charge >= 0.3 is 0 Å². The molecule has 0 saturated carbocycles. The summed E-state index contributed by atoms with van der Waals surface area (Å²) in [5.41, 5.74) is 1.44. The molecule has 1 amide bonds. The van der Waals surface area contributed by atoms with Gasteiger partial charge < -0.3 is 5.32 Å². The van der Waals surface area contributed by atoms with Crippen LogP contribution >= 0.6 is 0 Å². The first kappa shape index (κ1) is 19.6. The van der Waals surface area contributed by atoms with Gasteiger partial charge in [-0.05, 0) is 48.4 Å². The van der Waals surface area contributed by atoms with E-state index in [9.17, 15) is 17.6 Å². The number of nitrogens with one attached hydrogen (secondary N) is 2. The van der Waals surface area contributed by atoms with E-state index in [1.807, 2.05) is 30.3 Å². The van der Waals surface area contributed by atoms with Crippen molar-refractivity contribution >= 4 is 21.6 Å². The first-order valence-corrected chi connectivity index (χ1v) is 10.1. The number of hydrogen-bond donors (Lipinski definition) is 2. The van der Waals surface area contributed by atoms with E-state index in [4.69, 9.17) is 0 Å². The standard InChI is InChI=1S/C21H19FN2O3S/c22-18-9-5-10-19(15-18)24-28(26,27)20-11-4-8-17(14-20)21(25)23-13-12-16-6-2-1-3-7-16/h1-11,14-15,24H,12-13H2,(H,23,25). The Labute approximate surface area is 163 Å². The smallest absolute Gasteiger partial charge is 0.261 e. The number of rotatable bonds is 7. The Kier molecular flexibility index (Phi) is 6.06. The van der Waals surface area contributed by atoms with Crippen molar-refractivity contribution in [3.63, 3.8) is 0 Å². The zero-order chi connectivity index (χ0) is 20.0. The Bertz CT molecular complexity index is 1070. The molecule has 0 aliphatic heterocycles. The largest absolute Gasteiger partial charge is 0.352 e. The summed E-state index contributed by atoms with van der Waals surface area (Å²) in [5, 5.41) is 2.78. The topological polar surface area (TPSA) is 75.3 Å². The molecule has 3 rings (SSSR count). The highest BCUT2D eigenvalue weighted by molar-refractivity contribution is 7.92. The number of halogens is 1. The summed E-state index contributed by atoms with van der Waals surface area (Å²) in [6.45, 7) is 0.432. The van der Waals surface area contributed by atoms with E-state index in [-0.39, 0.29) is 22.1 Å². The van der Waals surface area contributed by atoms with Crippen LogP contribution in [0.3, 0.4) is 0 Å². The minimum Gasteiger partial charge on any atom is -0.352 e. The molecule has 0 bridgehead atoms. The first-order valence-electron chi connectivity index (χ1n) is 8.65. The fourth-order valence-electron chi connectivity index (χ4n) is 2.64. The normalized spacial score (nSPS) is 11.0. The first-order chi connectivity index (χ1) is 13.4. The van der Waals surface area contributed by atoms with Crippen LogP contribution in [0.1, 0.15) is 15.9 Å². The van der Waals surface area contributed by atoms with E-state index >= 15 is 0 Å². The lowest BCUT2D eigenvalue weighted by Gasteiger charge is -2.10. The van der Waals surface area contributed by atoms with Crippen LogP contribution < -0.4 is 10.0 Å². The third kappa shape index (κ3) is 5.17. The van der Waals surface area contributed by atoms with Gasteiger partial charge in [0.05, 0.1) is 10.6 Å². The van der Waals surface area contributed by atoms with Gasteiger partial charge in [-0.3, -0.25) is 9.52 Å². The van der Waals surface area contributed by atoms with E-state index in [0.29, 0.717) is 13.0 Å². The molecule has 0 unspecified atom stereocenters. The van der Waals surface area contributed by atoms with Gasteiger partial charge in [0, 0.05) is 12.1 Å². The van der Waals surface area contributed by atoms with Crippen LogP contribution in [0, 0.1) is 5.82 Å². The molecule has 0 aliphatic carbocycles. The van der Waals surface area contributed by atoms with Crippen molar-refractivity contribution in [1.82, 2.24) is 5.32 Å². The highest BCUT2D eigenvalue weighted by Gasteiger charge is 2.16. The molecule has 28 heavy (non-hydrogen) atoms. The molecule has 5 nitrogen and oxygen atoms in total. The molecular weight excluding hydrogens is 379 g/mol. The Morgan fingerprint density at radius 2 is 1.64 bits per heavy atom. The van der Waals surface area contributed by atoms with E-state index < -0.39 is 15.8 Å². The second-order valence-electron chi connectivity index (χ2n) is 6.14. The second-order valence-corrected chi connectivity index (χ2v) is 7.82. The van der Waals surface area contributed by atoms with Gasteiger partial charge in [0.2, 0.25) is 0 Å². The van der Waals surface area contributed by atoms with Crippen LogP contribution in [-0.4, -0.2) is 20.9 Å². The molecule has 0 heterocycles. The average molecular weight is 398 g/mol. The summed E-state index contributed by atoms with van der Waals surface area (Å²) in [7, 11) is -3.95. The summed E-state index contributed by atoms with van der Waals surface area (Å²) < 4.78 is 40.6. The molecule has 0 aromatic heterocycles. The molecule has 144 valence electrons. The van der Waals surface area contributed by atoms with Gasteiger partial charge in [0.25, 0.3) is 15.9 Å². The molecule has 0 saturated heterocycles. The van der Waals surface area contributed by atoms with E-state index in [1.54, 1.807) is 6.07 Å². The lowest BCUT2D eigenvalue weighted by Crippen LogP contribution is -2.26. The van der Waals surface area contributed by atoms with Crippen LogP contribution in [0.2, 0.25) is 0 Å². The molecule has 0 spiro atoms. The third-order valence-corrected chi connectivity index (χ3v) is 5.40. The van der Waals surface area contributed by atoms with Gasteiger partial charge in [-0.2, -0.15) is 0 Å². The molecule has 3 aromatic carbocycles. The van der Waals surface area contributed by atoms with Crippen molar-refractivity contribution in [3.05, 3.63) is 95.8 Å². The highest BCUT2D eigenvalue weighted by Crippen LogP contribution is 2.18. The summed E-state index contributed by atoms with van der Waals surface area (Å²) in [4.78, 5) is 12.3. The molecule has 0 radical (unpaired) electrons. The number of hydrogen-bond acceptors (Lipinski definition) is 3. The number of benzene rings is 3. The quantitative estimate of drug-likeness (QED) is 0.639. The van der Waals surface area contributed by atoms with Crippen molar-refractivity contribution in [2.24, 2.45) is 0 Å². The van der Waals surface area contributed by atoms with Crippen molar-refractivity contribution in [3.8, 4) is 0 Å². The zero-order valence-electron chi connectivity index (χ0n) is 14.9. The Morgan fingerprint density at radius 3 is 2.39 bits per heavy atom. The van der Waals surface area contributed by atoms with Crippen molar-refractivity contribution < 1.29 is 17.6 Å². The summed E-state index contributed by atoms with van der Waals surface area (Å²) in [6, 6.07) is 20.6. The lowest BCUT2D eigenvalue weighted by atomic mass is 10.1. The van der Waals surface area contributed by atoms with Crippen LogP contribution in [-0.2, 0) is 16.4 Å². The maximum atomic E-state index is 13.3. The molecule has 0 aliphatic rings. The van der Waals surface area contributed by atoms with Crippen LogP contribution in [0.15, 0.2) is 83.8 Å². The fraction of sp³-hybridized carbons (Fsp3) is 0.0952. The van der Waals surface area contributed by atoms with E-state index in [1.165, 1.54) is 36.4 Å². The van der Waals surface area contributed by atoms with Gasteiger partial charge in [0.1, 0.15) is 5.82 Å². The summed E-state index contributed by atoms with van der Waals surface area (Å²) >= 11 is 0. The molecule has 2 N–H and O–H groups in total. The van der Waals surface area contributed by atoms with Gasteiger partial charge in [-0.25, -0.2) is 12.8 Å². The molecule has 0 atom stereocenters. The third-order valence-electron chi connectivity index (χ3n) is 4.03. The van der Waals surface area contributed by atoms with Crippen molar-refractivity contribution in [2.75, 3.05) is 11.3 Å². The number of carbonyl (C=O) groups is 1. The molecule has 7 heteroatoms. The Morgan fingerprint density at radius 1 is 0.893 bits per heavy atom. The Hall–Kier alpha value is -3.19. The van der Waals surface area contributed by atoms with Gasteiger partial charge in [0.15, 0.2) is 0 Å². The molecule has 0 fully saturated rings. The van der Waals surface area contributed by atoms with Gasteiger partial charge in [-0.15, -0.1) is 0 Å². The van der Waals surface area contributed by atoms with Crippen molar-refractivity contribution in [2.45, 2.75) is 11.3 Å². The SMILES string of the molecule is O=C(NCCc1ccccc1)c1cccc(S(=O)(=O)Nc2cccc(F)c2)c1. The highest BCUT2D eigenvalue weighted by atomic mass is 32.2. The molecule has 3 aromatic rings. The van der Waals surface area contributed by atoms with Gasteiger partial charge in [-0.1, -0.05) is 42.5 Å². The number of sulfonamides is 1. The monoisotopic (exact) mass is 398 g/mol. The maximum absolute atomic E-state index is 13.3. The van der Waals surface area contributed by atoms with Crippen LogP contribution in [0.4, 0.5) is 10.1 Å². The van der Waals surface area contributed by atoms with Crippen LogP contribution in [0.25, 0.3) is 0 Å². The zero-order valence-corrected chi connectivity index (χ0v) is 15.7. The van der Waals surface area contributed by atoms with Crippen LogP contribution in [0.5, 0.6) is 0 Å². The molecular formula is C21H19FN2O3S. The predicted molar refractivity (Wildman–Crippen MR) is 106 cm³/mol. The maximum Gasteiger partial charge on any atom is 0.261 e. The summed E-state index contributed by atoms with van der Waals surface area (Å²) in [5.74, 6) is -0.912. The average Bonchev–Trinajstić information content (AvgIpc) is 2.68. The van der Waals surface area contributed by atoms with E-state index in [2.05, 4.69) is 10.0 Å². The predicted octanol–water partition coefficient (Wildman–Crippen LogP) is 3.60. The summed E-state index contributed by atoms with van der Waals surface area (Å²) in [6.07, 6.45) is 0.672.